The average molecular weight is 331 g/mol. The maximum absolute atomic E-state index is 6.12. The van der Waals surface area contributed by atoms with Gasteiger partial charge in [-0.15, -0.1) is 0 Å². The molecule has 0 amide bonds. The summed E-state index contributed by atoms with van der Waals surface area (Å²) in [5.74, 6) is 0.458. The van der Waals surface area contributed by atoms with E-state index < -0.39 is 0 Å². The Hall–Kier alpha value is -1.24. The van der Waals surface area contributed by atoms with Crippen molar-refractivity contribution in [2.45, 2.75) is 17.0 Å². The predicted molar refractivity (Wildman–Crippen MR) is 81.1 cm³/mol. The highest BCUT2D eigenvalue weighted by atomic mass is 35.5. The van der Waals surface area contributed by atoms with E-state index in [1.165, 1.54) is 18.9 Å². The van der Waals surface area contributed by atoms with Crippen molar-refractivity contribution in [2.24, 2.45) is 0 Å². The van der Waals surface area contributed by atoms with Gasteiger partial charge >= 0.3 is 6.01 Å². The Morgan fingerprint density at radius 3 is 2.75 bits per heavy atom. The summed E-state index contributed by atoms with van der Waals surface area (Å²) < 4.78 is 5.06. The van der Waals surface area contributed by atoms with E-state index in [-0.39, 0.29) is 6.01 Å². The van der Waals surface area contributed by atoms with Gasteiger partial charge in [-0.1, -0.05) is 23.2 Å². The summed E-state index contributed by atoms with van der Waals surface area (Å²) in [5.41, 5.74) is 0. The molecule has 0 saturated carbocycles. The number of nitrogens with one attached hydrogen (secondary N) is 1. The van der Waals surface area contributed by atoms with E-state index in [0.29, 0.717) is 27.7 Å². The first-order valence-electron chi connectivity index (χ1n) is 5.79. The number of aromatic nitrogens is 3. The molecule has 8 heteroatoms. The summed E-state index contributed by atoms with van der Waals surface area (Å²) in [6, 6.07) is 5.47. The summed E-state index contributed by atoms with van der Waals surface area (Å²) in [4.78, 5) is 13.3. The second kappa shape index (κ2) is 6.97. The number of ether oxygens (including phenoxy) is 1. The molecule has 0 aliphatic carbocycles. The van der Waals surface area contributed by atoms with Gasteiger partial charge < -0.3 is 10.1 Å². The van der Waals surface area contributed by atoms with Crippen LogP contribution in [0.15, 0.2) is 28.3 Å². The Kier molecular flexibility index (Phi) is 5.28. The van der Waals surface area contributed by atoms with Crippen LogP contribution in [-0.2, 0) is 0 Å². The van der Waals surface area contributed by atoms with Gasteiger partial charge in [0.05, 0.1) is 12.1 Å². The van der Waals surface area contributed by atoms with Gasteiger partial charge in [0, 0.05) is 16.5 Å². The molecule has 5 nitrogen and oxygen atoms in total. The highest BCUT2D eigenvalue weighted by Gasteiger charge is 2.10. The Balaban J connectivity index is 2.32. The number of rotatable bonds is 5. The van der Waals surface area contributed by atoms with Crippen molar-refractivity contribution in [3.05, 3.63) is 28.2 Å². The van der Waals surface area contributed by atoms with Gasteiger partial charge in [-0.2, -0.15) is 15.0 Å². The monoisotopic (exact) mass is 330 g/mol. The molecular formula is C12H12Cl2N4OS. The lowest BCUT2D eigenvalue weighted by molar-refractivity contribution is 0.373. The topological polar surface area (TPSA) is 59.9 Å². The average Bonchev–Trinajstić information content (AvgIpc) is 2.43. The third-order valence-electron chi connectivity index (χ3n) is 2.21. The van der Waals surface area contributed by atoms with Gasteiger partial charge in [-0.05, 0) is 36.9 Å². The fraction of sp³-hybridized carbons (Fsp3) is 0.250. The van der Waals surface area contributed by atoms with Gasteiger partial charge in [0.2, 0.25) is 11.1 Å². The molecule has 1 heterocycles. The van der Waals surface area contributed by atoms with Gasteiger partial charge in [0.15, 0.2) is 0 Å². The molecule has 1 aromatic carbocycles. The van der Waals surface area contributed by atoms with E-state index in [4.69, 9.17) is 27.9 Å². The molecule has 0 unspecified atom stereocenters. The third-order valence-corrected chi connectivity index (χ3v) is 3.81. The maximum atomic E-state index is 6.12. The van der Waals surface area contributed by atoms with E-state index in [1.807, 2.05) is 6.92 Å². The summed E-state index contributed by atoms with van der Waals surface area (Å²) in [6.07, 6.45) is 0. The molecule has 1 aromatic heterocycles. The first kappa shape index (κ1) is 15.2. The van der Waals surface area contributed by atoms with Gasteiger partial charge in [0.1, 0.15) is 0 Å². The van der Waals surface area contributed by atoms with Crippen LogP contribution in [0.4, 0.5) is 5.95 Å². The van der Waals surface area contributed by atoms with Crippen molar-refractivity contribution in [1.82, 2.24) is 15.0 Å². The predicted octanol–water partition coefficient (Wildman–Crippen LogP) is 3.77. The Bertz CT molecular complexity index is 612. The largest absolute Gasteiger partial charge is 0.467 e. The van der Waals surface area contributed by atoms with Crippen LogP contribution in [0, 0.1) is 0 Å². The SMILES string of the molecule is CCNc1nc(OC)nc(Sc2cc(Cl)ccc2Cl)n1. The molecular weight excluding hydrogens is 319 g/mol. The highest BCUT2D eigenvalue weighted by Crippen LogP contribution is 2.34. The van der Waals surface area contributed by atoms with Gasteiger partial charge in [-0.25, -0.2) is 0 Å². The number of halogens is 2. The summed E-state index contributed by atoms with van der Waals surface area (Å²) in [6.45, 7) is 2.66. The summed E-state index contributed by atoms with van der Waals surface area (Å²) in [7, 11) is 1.51. The molecule has 2 rings (SSSR count). The van der Waals surface area contributed by atoms with Crippen LogP contribution in [0.2, 0.25) is 10.0 Å². The molecule has 0 saturated heterocycles. The molecule has 0 aliphatic rings. The van der Waals surface area contributed by atoms with Crippen LogP contribution in [0.25, 0.3) is 0 Å². The second-order valence-corrected chi connectivity index (χ2v) is 5.49. The minimum Gasteiger partial charge on any atom is -0.467 e. The van der Waals surface area contributed by atoms with Crippen LogP contribution in [-0.4, -0.2) is 28.6 Å². The molecule has 1 N–H and O–H groups in total. The van der Waals surface area contributed by atoms with Crippen LogP contribution < -0.4 is 10.1 Å². The van der Waals surface area contributed by atoms with Crippen LogP contribution >= 0.6 is 35.0 Å². The van der Waals surface area contributed by atoms with Crippen molar-refractivity contribution in [1.29, 1.82) is 0 Å². The first-order valence-corrected chi connectivity index (χ1v) is 7.36. The maximum Gasteiger partial charge on any atom is 0.321 e. The van der Waals surface area contributed by atoms with Crippen molar-refractivity contribution < 1.29 is 4.74 Å². The van der Waals surface area contributed by atoms with E-state index in [2.05, 4.69) is 20.3 Å². The zero-order chi connectivity index (χ0) is 14.5. The first-order chi connectivity index (χ1) is 9.62. The number of hydrogen-bond acceptors (Lipinski definition) is 6. The van der Waals surface area contributed by atoms with Crippen molar-refractivity contribution in [3.63, 3.8) is 0 Å². The van der Waals surface area contributed by atoms with Gasteiger partial charge in [0.25, 0.3) is 0 Å². The minimum absolute atomic E-state index is 0.247. The van der Waals surface area contributed by atoms with E-state index >= 15 is 0 Å². The Labute approximate surface area is 131 Å². The molecule has 2 aromatic rings. The Morgan fingerprint density at radius 1 is 1.25 bits per heavy atom. The molecule has 106 valence electrons. The lowest BCUT2D eigenvalue weighted by atomic mass is 10.4. The molecule has 0 radical (unpaired) electrons. The zero-order valence-corrected chi connectivity index (χ0v) is 13.2. The van der Waals surface area contributed by atoms with E-state index in [9.17, 15) is 0 Å². The normalized spacial score (nSPS) is 10.4. The van der Waals surface area contributed by atoms with Crippen molar-refractivity contribution >= 4 is 40.9 Å². The van der Waals surface area contributed by atoms with E-state index in [0.717, 1.165) is 4.90 Å². The molecule has 0 fully saturated rings. The fourth-order valence-electron chi connectivity index (χ4n) is 1.37. The summed E-state index contributed by atoms with van der Waals surface area (Å²) >= 11 is 13.4. The smallest absolute Gasteiger partial charge is 0.321 e. The minimum atomic E-state index is 0.247. The van der Waals surface area contributed by atoms with E-state index in [1.54, 1.807) is 18.2 Å². The van der Waals surface area contributed by atoms with Crippen molar-refractivity contribution in [3.8, 4) is 6.01 Å². The zero-order valence-electron chi connectivity index (χ0n) is 10.9. The standard InChI is InChI=1S/C12H12Cl2N4OS/c1-3-15-10-16-11(19-2)18-12(17-10)20-9-6-7(13)4-5-8(9)14/h4-6H,3H2,1-2H3,(H,15,16,17,18). The molecule has 0 atom stereocenters. The number of hydrogen-bond donors (Lipinski definition) is 1. The number of benzene rings is 1. The quantitative estimate of drug-likeness (QED) is 0.900. The van der Waals surface area contributed by atoms with Crippen molar-refractivity contribution in [2.75, 3.05) is 19.0 Å². The van der Waals surface area contributed by atoms with Crippen LogP contribution in [0.3, 0.4) is 0 Å². The number of methoxy groups -OCH3 is 1. The van der Waals surface area contributed by atoms with Gasteiger partial charge in [-0.3, -0.25) is 0 Å². The lowest BCUT2D eigenvalue weighted by Gasteiger charge is -2.07. The third kappa shape index (κ3) is 3.88. The van der Waals surface area contributed by atoms with Crippen LogP contribution in [0.1, 0.15) is 6.92 Å². The molecule has 0 aliphatic heterocycles. The highest BCUT2D eigenvalue weighted by molar-refractivity contribution is 7.99. The Morgan fingerprint density at radius 2 is 2.05 bits per heavy atom. The second-order valence-electron chi connectivity index (χ2n) is 3.64. The fourth-order valence-corrected chi connectivity index (χ4v) is 2.64. The number of anilines is 1. The molecule has 0 bridgehead atoms. The molecule has 20 heavy (non-hydrogen) atoms. The van der Waals surface area contributed by atoms with Crippen LogP contribution in [0.5, 0.6) is 6.01 Å². The lowest BCUT2D eigenvalue weighted by Crippen LogP contribution is -2.05. The number of nitrogens with zero attached hydrogens (tertiary/aromatic N) is 3. The molecule has 0 spiro atoms. The summed E-state index contributed by atoms with van der Waals surface area (Å²) in [5, 5.41) is 4.69.